The molecule has 0 aliphatic carbocycles. The van der Waals surface area contributed by atoms with Gasteiger partial charge in [0, 0.05) is 34.3 Å². The molecular weight excluding hydrogens is 428 g/mol. The highest BCUT2D eigenvalue weighted by molar-refractivity contribution is 7.09. The van der Waals surface area contributed by atoms with E-state index in [-0.39, 0.29) is 11.8 Å². The number of hydrogen-bond donors (Lipinski definition) is 1. The van der Waals surface area contributed by atoms with Crippen LogP contribution in [0.5, 0.6) is 0 Å². The van der Waals surface area contributed by atoms with Gasteiger partial charge in [-0.1, -0.05) is 6.92 Å². The van der Waals surface area contributed by atoms with E-state index in [2.05, 4.69) is 20.2 Å². The maximum atomic E-state index is 13.5. The van der Waals surface area contributed by atoms with Crippen molar-refractivity contribution in [1.82, 2.24) is 25.1 Å². The Morgan fingerprint density at radius 2 is 2.00 bits per heavy atom. The molecule has 4 rings (SSSR count). The number of rotatable bonds is 8. The van der Waals surface area contributed by atoms with Crippen LogP contribution in [0.3, 0.4) is 0 Å². The lowest BCUT2D eigenvalue weighted by atomic mass is 10.0. The Labute approximate surface area is 189 Å². The van der Waals surface area contributed by atoms with E-state index < -0.39 is 6.04 Å². The second-order valence-electron chi connectivity index (χ2n) is 7.48. The molecule has 1 atom stereocenters. The summed E-state index contributed by atoms with van der Waals surface area (Å²) < 4.78 is 11.2. The third-order valence-corrected chi connectivity index (χ3v) is 5.66. The van der Waals surface area contributed by atoms with Crippen molar-refractivity contribution in [2.75, 3.05) is 6.54 Å². The number of oxazole rings is 1. The van der Waals surface area contributed by atoms with E-state index in [9.17, 15) is 4.79 Å². The average Bonchev–Trinajstić information content (AvgIpc) is 3.54. The standard InChI is InChI=1S/C22H24N6O3S/c1-4-6-28(11-18-25-13(2)12-32-18)22(29)17-9-15(20-24-5-7-30-20)8-16(10-17)21-27-26-19(31-21)14(3)23/h5,7-10,12,14H,4,6,11,23H2,1-3H3/t14-/m0/s1. The predicted octanol–water partition coefficient (Wildman–Crippen LogP) is 4.23. The molecule has 1 aromatic carbocycles. The van der Waals surface area contributed by atoms with Gasteiger partial charge in [-0.25, -0.2) is 9.97 Å². The van der Waals surface area contributed by atoms with Gasteiger partial charge in [-0.15, -0.1) is 21.5 Å². The van der Waals surface area contributed by atoms with Gasteiger partial charge < -0.3 is 19.5 Å². The molecule has 0 spiro atoms. The smallest absolute Gasteiger partial charge is 0.254 e. The van der Waals surface area contributed by atoms with Gasteiger partial charge >= 0.3 is 0 Å². The first-order valence-electron chi connectivity index (χ1n) is 10.3. The molecule has 1 amide bonds. The van der Waals surface area contributed by atoms with Crippen LogP contribution in [-0.4, -0.2) is 37.5 Å². The Bertz CT molecular complexity index is 1200. The van der Waals surface area contributed by atoms with E-state index in [1.165, 1.54) is 6.26 Å². The first kappa shape index (κ1) is 21.8. The lowest BCUT2D eigenvalue weighted by Gasteiger charge is -2.21. The van der Waals surface area contributed by atoms with Crippen molar-refractivity contribution in [3.8, 4) is 22.9 Å². The summed E-state index contributed by atoms with van der Waals surface area (Å²) in [5, 5.41) is 11.0. The molecule has 0 saturated heterocycles. The predicted molar refractivity (Wildman–Crippen MR) is 120 cm³/mol. The molecule has 0 radical (unpaired) electrons. The molecule has 2 N–H and O–H groups in total. The van der Waals surface area contributed by atoms with Crippen molar-refractivity contribution in [2.24, 2.45) is 5.73 Å². The Balaban J connectivity index is 1.73. The molecule has 0 bridgehead atoms. The molecule has 3 aromatic heterocycles. The van der Waals surface area contributed by atoms with Crippen LogP contribution in [0, 0.1) is 6.92 Å². The first-order chi connectivity index (χ1) is 15.4. The number of thiazole rings is 1. The Morgan fingerprint density at radius 3 is 2.59 bits per heavy atom. The molecule has 0 aliphatic heterocycles. The van der Waals surface area contributed by atoms with E-state index >= 15 is 0 Å². The molecule has 0 saturated carbocycles. The van der Waals surface area contributed by atoms with Gasteiger partial charge in [-0.3, -0.25) is 4.79 Å². The zero-order valence-electron chi connectivity index (χ0n) is 18.1. The van der Waals surface area contributed by atoms with Crippen LogP contribution in [0.2, 0.25) is 0 Å². The molecule has 4 aromatic rings. The van der Waals surface area contributed by atoms with Gasteiger partial charge in [0.2, 0.25) is 17.7 Å². The summed E-state index contributed by atoms with van der Waals surface area (Å²) in [5.41, 5.74) is 8.49. The van der Waals surface area contributed by atoms with Gasteiger partial charge in [0.05, 0.1) is 18.8 Å². The number of aryl methyl sites for hydroxylation is 1. The van der Waals surface area contributed by atoms with E-state index in [1.807, 2.05) is 19.2 Å². The largest absolute Gasteiger partial charge is 0.445 e. The third kappa shape index (κ3) is 4.76. The fourth-order valence-corrected chi connectivity index (χ4v) is 4.03. The van der Waals surface area contributed by atoms with Gasteiger partial charge in [-0.05, 0) is 38.5 Å². The van der Waals surface area contributed by atoms with Crippen LogP contribution in [0.15, 0.2) is 44.9 Å². The van der Waals surface area contributed by atoms with Gasteiger partial charge in [0.15, 0.2) is 0 Å². The monoisotopic (exact) mass is 452 g/mol. The average molecular weight is 453 g/mol. The number of hydrogen-bond acceptors (Lipinski definition) is 9. The van der Waals surface area contributed by atoms with Crippen LogP contribution < -0.4 is 5.73 Å². The lowest BCUT2D eigenvalue weighted by Crippen LogP contribution is -2.31. The fourth-order valence-electron chi connectivity index (χ4n) is 3.24. The van der Waals surface area contributed by atoms with E-state index in [4.69, 9.17) is 14.6 Å². The van der Waals surface area contributed by atoms with Crippen LogP contribution in [0.4, 0.5) is 0 Å². The summed E-state index contributed by atoms with van der Waals surface area (Å²) in [4.78, 5) is 24.0. The van der Waals surface area contributed by atoms with E-state index in [1.54, 1.807) is 47.6 Å². The summed E-state index contributed by atoms with van der Waals surface area (Å²) in [6.45, 7) is 6.79. The molecule has 166 valence electrons. The summed E-state index contributed by atoms with van der Waals surface area (Å²) in [5.74, 6) is 0.866. The van der Waals surface area contributed by atoms with Crippen molar-refractivity contribution in [3.05, 3.63) is 58.2 Å². The van der Waals surface area contributed by atoms with Crippen molar-refractivity contribution in [2.45, 2.75) is 39.8 Å². The quantitative estimate of drug-likeness (QED) is 0.421. The minimum absolute atomic E-state index is 0.124. The summed E-state index contributed by atoms with van der Waals surface area (Å²) in [6, 6.07) is 4.91. The van der Waals surface area contributed by atoms with Gasteiger partial charge in [-0.2, -0.15) is 0 Å². The molecule has 32 heavy (non-hydrogen) atoms. The maximum Gasteiger partial charge on any atom is 0.254 e. The summed E-state index contributed by atoms with van der Waals surface area (Å²) >= 11 is 1.55. The first-order valence-corrected chi connectivity index (χ1v) is 11.2. The molecule has 0 aliphatic rings. The maximum absolute atomic E-state index is 13.5. The van der Waals surface area contributed by atoms with Crippen LogP contribution >= 0.6 is 11.3 Å². The molecule has 0 unspecified atom stereocenters. The Kier molecular flexibility index (Phi) is 6.42. The van der Waals surface area contributed by atoms with E-state index in [0.717, 1.165) is 17.1 Å². The van der Waals surface area contributed by atoms with Crippen LogP contribution in [0.1, 0.15) is 53.3 Å². The minimum Gasteiger partial charge on any atom is -0.445 e. The zero-order valence-corrected chi connectivity index (χ0v) is 18.9. The van der Waals surface area contributed by atoms with Crippen molar-refractivity contribution in [1.29, 1.82) is 0 Å². The lowest BCUT2D eigenvalue weighted by molar-refractivity contribution is 0.0743. The minimum atomic E-state index is -0.394. The second kappa shape index (κ2) is 9.41. The molecule has 3 heterocycles. The number of benzene rings is 1. The molecule has 0 fully saturated rings. The number of carbonyl (C=O) groups excluding carboxylic acids is 1. The fraction of sp³-hybridized carbons (Fsp3) is 0.318. The summed E-state index contributed by atoms with van der Waals surface area (Å²) in [6.07, 6.45) is 3.86. The summed E-state index contributed by atoms with van der Waals surface area (Å²) in [7, 11) is 0. The van der Waals surface area contributed by atoms with Crippen molar-refractivity contribution in [3.63, 3.8) is 0 Å². The van der Waals surface area contributed by atoms with Crippen molar-refractivity contribution < 1.29 is 13.6 Å². The molecular formula is C22H24N6O3S. The van der Waals surface area contributed by atoms with Gasteiger partial charge in [0.25, 0.3) is 5.91 Å². The number of nitrogens with zero attached hydrogens (tertiary/aromatic N) is 5. The molecule has 10 heteroatoms. The Morgan fingerprint density at radius 1 is 1.22 bits per heavy atom. The van der Waals surface area contributed by atoms with Crippen LogP contribution in [0.25, 0.3) is 22.9 Å². The second-order valence-corrected chi connectivity index (χ2v) is 8.42. The van der Waals surface area contributed by atoms with Gasteiger partial charge in [0.1, 0.15) is 11.3 Å². The number of amides is 1. The third-order valence-electron chi connectivity index (χ3n) is 4.71. The number of carbonyl (C=O) groups is 1. The van der Waals surface area contributed by atoms with Crippen LogP contribution in [-0.2, 0) is 6.54 Å². The van der Waals surface area contributed by atoms with E-state index in [0.29, 0.717) is 41.6 Å². The zero-order chi connectivity index (χ0) is 22.7. The molecule has 9 nitrogen and oxygen atoms in total. The highest BCUT2D eigenvalue weighted by atomic mass is 32.1. The van der Waals surface area contributed by atoms with Crippen molar-refractivity contribution >= 4 is 17.2 Å². The SMILES string of the molecule is CCCN(Cc1nc(C)cs1)C(=O)c1cc(-c2ncco2)cc(-c2nnc([C@H](C)N)o2)c1. The normalized spacial score (nSPS) is 12.1. The number of aromatic nitrogens is 4. The highest BCUT2D eigenvalue weighted by Gasteiger charge is 2.21. The highest BCUT2D eigenvalue weighted by Crippen LogP contribution is 2.28. The number of nitrogens with two attached hydrogens (primary N) is 1. The Hall–Kier alpha value is -3.37. The topological polar surface area (TPSA) is 124 Å².